The minimum Gasteiger partial charge on any atom is -0.347 e. The molecule has 2 rings (SSSR count). The Morgan fingerprint density at radius 3 is 2.68 bits per heavy atom. The first-order chi connectivity index (χ1) is 11.2. The Bertz CT molecular complexity index is 750. The van der Waals surface area contributed by atoms with Crippen molar-refractivity contribution in [1.29, 1.82) is 0 Å². The van der Waals surface area contributed by atoms with Crippen LogP contribution >= 0.6 is 12.4 Å². The highest BCUT2D eigenvalue weighted by Crippen LogP contribution is 2.24. The second kappa shape index (κ2) is 8.77. The first-order valence-electron chi connectivity index (χ1n) is 7.91. The summed E-state index contributed by atoms with van der Waals surface area (Å²) in [5, 5.41) is 2.90. The third-order valence-electron chi connectivity index (χ3n) is 4.35. The largest absolute Gasteiger partial charge is 0.347 e. The van der Waals surface area contributed by atoms with Gasteiger partial charge in [-0.25, -0.2) is 13.4 Å². The molecule has 1 aliphatic rings. The topological polar surface area (TPSA) is 112 Å². The molecule has 2 N–H and O–H groups in total. The molecule has 0 aliphatic carbocycles. The first kappa shape index (κ1) is 21.6. The van der Waals surface area contributed by atoms with Crippen molar-refractivity contribution < 1.29 is 13.2 Å². The number of amides is 1. The maximum atomic E-state index is 12.3. The molecule has 0 spiro atoms. The van der Waals surface area contributed by atoms with Gasteiger partial charge in [-0.2, -0.15) is 0 Å². The molecule has 1 aromatic rings. The van der Waals surface area contributed by atoms with Gasteiger partial charge in [0.05, 0.1) is 12.1 Å². The average molecular weight is 393 g/mol. The van der Waals surface area contributed by atoms with Crippen molar-refractivity contribution in [3.05, 3.63) is 28.4 Å². The summed E-state index contributed by atoms with van der Waals surface area (Å²) >= 11 is 0. The van der Waals surface area contributed by atoms with E-state index in [0.717, 1.165) is 6.54 Å². The van der Waals surface area contributed by atoms with E-state index in [2.05, 4.69) is 29.1 Å². The lowest BCUT2D eigenvalue weighted by molar-refractivity contribution is 0.0923. The molecule has 1 amide bonds. The summed E-state index contributed by atoms with van der Waals surface area (Å²) < 4.78 is 22.7. The van der Waals surface area contributed by atoms with Gasteiger partial charge in [0, 0.05) is 38.1 Å². The van der Waals surface area contributed by atoms with Gasteiger partial charge in [-0.15, -0.1) is 12.4 Å². The van der Waals surface area contributed by atoms with Gasteiger partial charge in [0.25, 0.3) is 11.5 Å². The van der Waals surface area contributed by atoms with Crippen molar-refractivity contribution in [2.45, 2.75) is 19.9 Å². The van der Waals surface area contributed by atoms with Crippen molar-refractivity contribution in [3.63, 3.8) is 0 Å². The van der Waals surface area contributed by atoms with E-state index in [0.29, 0.717) is 19.0 Å². The Morgan fingerprint density at radius 2 is 2.12 bits per heavy atom. The molecule has 0 saturated carbocycles. The van der Waals surface area contributed by atoms with Crippen molar-refractivity contribution >= 4 is 28.2 Å². The van der Waals surface area contributed by atoms with E-state index in [1.165, 1.54) is 18.8 Å². The van der Waals surface area contributed by atoms with Crippen LogP contribution in [-0.4, -0.2) is 66.9 Å². The van der Waals surface area contributed by atoms with E-state index >= 15 is 0 Å². The van der Waals surface area contributed by atoms with E-state index in [1.807, 2.05) is 4.90 Å². The minimum atomic E-state index is -3.02. The van der Waals surface area contributed by atoms with Crippen molar-refractivity contribution in [2.75, 3.05) is 31.6 Å². The van der Waals surface area contributed by atoms with Crippen LogP contribution in [0.4, 0.5) is 0 Å². The van der Waals surface area contributed by atoms with Crippen LogP contribution < -0.4 is 10.9 Å². The number of carbonyl (C=O) groups excluding carboxylic acids is 1. The number of rotatable bonds is 6. The fourth-order valence-electron chi connectivity index (χ4n) is 2.97. The van der Waals surface area contributed by atoms with E-state index in [4.69, 9.17) is 0 Å². The molecule has 2 heterocycles. The second-order valence-corrected chi connectivity index (χ2v) is 8.93. The van der Waals surface area contributed by atoms with Gasteiger partial charge in [-0.05, 0) is 11.8 Å². The number of hydrogen-bond acceptors (Lipinski definition) is 6. The molecule has 1 saturated heterocycles. The Labute approximate surface area is 153 Å². The monoisotopic (exact) mass is 392 g/mol. The number of sulfone groups is 1. The molecule has 0 aromatic carbocycles. The van der Waals surface area contributed by atoms with Gasteiger partial charge >= 0.3 is 0 Å². The van der Waals surface area contributed by atoms with Crippen LogP contribution in [0.2, 0.25) is 0 Å². The maximum absolute atomic E-state index is 12.3. The van der Waals surface area contributed by atoms with Crippen LogP contribution in [0.1, 0.15) is 24.2 Å². The predicted molar refractivity (Wildman–Crippen MR) is 97.8 cm³/mol. The number of aromatic amines is 1. The first-order valence-corrected chi connectivity index (χ1v) is 9.97. The average Bonchev–Trinajstić information content (AvgIpc) is 2.88. The molecule has 2 atom stereocenters. The summed E-state index contributed by atoms with van der Waals surface area (Å²) in [6, 6.07) is -0.128. The lowest BCUT2D eigenvalue weighted by atomic mass is 9.91. The Morgan fingerprint density at radius 1 is 1.44 bits per heavy atom. The highest BCUT2D eigenvalue weighted by molar-refractivity contribution is 7.90. The number of halogens is 1. The summed E-state index contributed by atoms with van der Waals surface area (Å²) in [5.74, 6) is 0.167. The van der Waals surface area contributed by atoms with Gasteiger partial charge in [0.2, 0.25) is 0 Å². The van der Waals surface area contributed by atoms with Crippen LogP contribution in [0.25, 0.3) is 0 Å². The molecule has 1 aromatic heterocycles. The highest BCUT2D eigenvalue weighted by Gasteiger charge is 2.36. The lowest BCUT2D eigenvalue weighted by Crippen LogP contribution is -2.43. The van der Waals surface area contributed by atoms with Crippen LogP contribution in [-0.2, 0) is 9.84 Å². The summed E-state index contributed by atoms with van der Waals surface area (Å²) in [6.07, 6.45) is 3.70. The smallest absolute Gasteiger partial charge is 0.263 e. The maximum Gasteiger partial charge on any atom is 0.263 e. The molecular formula is C15H25ClN4O4S. The van der Waals surface area contributed by atoms with Crippen LogP contribution in [0.3, 0.4) is 0 Å². The van der Waals surface area contributed by atoms with Gasteiger partial charge in [0.15, 0.2) is 0 Å². The van der Waals surface area contributed by atoms with Crippen LogP contribution in [0.5, 0.6) is 0 Å². The predicted octanol–water partition coefficient (Wildman–Crippen LogP) is -0.0775. The quantitative estimate of drug-likeness (QED) is 0.700. The third-order valence-corrected chi connectivity index (χ3v) is 5.28. The fourth-order valence-corrected chi connectivity index (χ4v) is 3.56. The summed E-state index contributed by atoms with van der Waals surface area (Å²) in [7, 11) is -3.02. The second-order valence-electron chi connectivity index (χ2n) is 6.67. The van der Waals surface area contributed by atoms with Crippen LogP contribution in [0, 0.1) is 11.8 Å². The molecule has 0 bridgehead atoms. The fraction of sp³-hybridized carbons (Fsp3) is 0.667. The van der Waals surface area contributed by atoms with Crippen LogP contribution in [0.15, 0.2) is 17.3 Å². The molecule has 1 fully saturated rings. The Kier molecular flexibility index (Phi) is 7.58. The zero-order valence-electron chi connectivity index (χ0n) is 14.6. The van der Waals surface area contributed by atoms with Crippen molar-refractivity contribution in [2.24, 2.45) is 11.8 Å². The lowest BCUT2D eigenvalue weighted by Gasteiger charge is -2.22. The summed E-state index contributed by atoms with van der Waals surface area (Å²) in [4.78, 5) is 32.2. The molecular weight excluding hydrogens is 368 g/mol. The standard InChI is InChI=1S/C15H24N4O4S.ClH/c1-10(2)12-7-19(4-5-24(3,22)23)8-13(12)18-15(21)11-6-16-9-17-14(11)20;/h6,9-10,12-13H,4-5,7-8H2,1-3H3,(H,18,21)(H,16,17,20);1H/t12-,13+;/m1./s1. The van der Waals surface area contributed by atoms with Gasteiger partial charge in [0.1, 0.15) is 15.4 Å². The van der Waals surface area contributed by atoms with E-state index in [-0.39, 0.29) is 35.7 Å². The van der Waals surface area contributed by atoms with Gasteiger partial charge in [-0.3, -0.25) is 14.5 Å². The number of aromatic nitrogens is 2. The van der Waals surface area contributed by atoms with Gasteiger partial charge in [-0.1, -0.05) is 13.8 Å². The molecule has 25 heavy (non-hydrogen) atoms. The number of hydrogen-bond donors (Lipinski definition) is 2. The minimum absolute atomic E-state index is 0. The van der Waals surface area contributed by atoms with E-state index in [1.54, 1.807) is 0 Å². The molecule has 10 heteroatoms. The highest BCUT2D eigenvalue weighted by atomic mass is 35.5. The van der Waals surface area contributed by atoms with Crippen molar-refractivity contribution in [1.82, 2.24) is 20.2 Å². The zero-order chi connectivity index (χ0) is 17.9. The third kappa shape index (κ3) is 6.09. The van der Waals surface area contributed by atoms with Crippen molar-refractivity contribution in [3.8, 4) is 0 Å². The van der Waals surface area contributed by atoms with E-state index < -0.39 is 21.3 Å². The summed E-state index contributed by atoms with van der Waals surface area (Å²) in [5.41, 5.74) is -0.495. The normalized spacial score (nSPS) is 21.1. The number of carbonyl (C=O) groups is 1. The molecule has 142 valence electrons. The molecule has 0 unspecified atom stereocenters. The number of H-pyrrole nitrogens is 1. The summed E-state index contributed by atoms with van der Waals surface area (Å²) in [6.45, 7) is 5.88. The number of likely N-dealkylation sites (tertiary alicyclic amines) is 1. The molecule has 1 aliphatic heterocycles. The van der Waals surface area contributed by atoms with Gasteiger partial charge < -0.3 is 10.3 Å². The molecule has 8 nitrogen and oxygen atoms in total. The Hall–Kier alpha value is -1.45. The zero-order valence-corrected chi connectivity index (χ0v) is 16.2. The Balaban J connectivity index is 0.00000312. The number of nitrogens with zero attached hydrogens (tertiary/aromatic N) is 2. The number of nitrogens with one attached hydrogen (secondary N) is 2. The van der Waals surface area contributed by atoms with E-state index in [9.17, 15) is 18.0 Å². The SMILES string of the molecule is CC(C)[C@H]1CN(CCS(C)(=O)=O)C[C@@H]1NC(=O)c1cnc[nH]c1=O.Cl. The molecule has 0 radical (unpaired) electrons.